The standard InChI is InChI=1S/C19H15FN4OS/c1-11-5-3-6-13(9-11)18(25)21-16-10-12(2)23-24(16)19-22-17-14(20)7-4-8-15(17)26-19/h3-10H,1-2H3,(H,21,25). The van der Waals surface area contributed by atoms with E-state index >= 15 is 0 Å². The summed E-state index contributed by atoms with van der Waals surface area (Å²) >= 11 is 1.32. The van der Waals surface area contributed by atoms with Gasteiger partial charge in [-0.1, -0.05) is 35.1 Å². The molecular formula is C19H15FN4OS. The summed E-state index contributed by atoms with van der Waals surface area (Å²) in [6.45, 7) is 3.76. The van der Waals surface area contributed by atoms with Crippen molar-refractivity contribution in [3.8, 4) is 5.13 Å². The molecule has 0 aliphatic carbocycles. The first-order valence-corrected chi connectivity index (χ1v) is 8.83. The van der Waals surface area contributed by atoms with Gasteiger partial charge in [0.25, 0.3) is 5.91 Å². The zero-order valence-corrected chi connectivity index (χ0v) is 15.0. The van der Waals surface area contributed by atoms with E-state index < -0.39 is 0 Å². The van der Waals surface area contributed by atoms with Crippen LogP contribution in [0.4, 0.5) is 10.2 Å². The molecule has 2 heterocycles. The Morgan fingerprint density at radius 1 is 1.15 bits per heavy atom. The van der Waals surface area contributed by atoms with E-state index in [1.165, 1.54) is 22.1 Å². The second-order valence-corrected chi connectivity index (χ2v) is 7.00. The summed E-state index contributed by atoms with van der Waals surface area (Å²) in [5, 5.41) is 7.76. The Labute approximate surface area is 153 Å². The van der Waals surface area contributed by atoms with Crippen LogP contribution in [0.15, 0.2) is 48.5 Å². The number of fused-ring (bicyclic) bond motifs is 1. The van der Waals surface area contributed by atoms with Crippen LogP contribution in [-0.4, -0.2) is 20.7 Å². The zero-order valence-electron chi connectivity index (χ0n) is 14.2. The number of nitrogens with zero attached hydrogens (tertiary/aromatic N) is 3. The van der Waals surface area contributed by atoms with Gasteiger partial charge in [0, 0.05) is 11.6 Å². The number of amides is 1. The first-order valence-electron chi connectivity index (χ1n) is 8.01. The Balaban J connectivity index is 1.72. The predicted octanol–water partition coefficient (Wildman–Crippen LogP) is 4.49. The van der Waals surface area contributed by atoms with E-state index in [0.717, 1.165) is 16.0 Å². The number of thiazole rings is 1. The second kappa shape index (κ2) is 6.34. The molecule has 2 aromatic carbocycles. The smallest absolute Gasteiger partial charge is 0.256 e. The molecule has 0 bridgehead atoms. The van der Waals surface area contributed by atoms with Crippen molar-refractivity contribution in [2.75, 3.05) is 5.32 Å². The van der Waals surface area contributed by atoms with Gasteiger partial charge in [-0.15, -0.1) is 0 Å². The fourth-order valence-electron chi connectivity index (χ4n) is 2.70. The van der Waals surface area contributed by atoms with Crippen LogP contribution in [-0.2, 0) is 0 Å². The highest BCUT2D eigenvalue weighted by Gasteiger charge is 2.16. The average molecular weight is 366 g/mol. The molecule has 0 saturated heterocycles. The Hall–Kier alpha value is -3.06. The fraction of sp³-hybridized carbons (Fsp3) is 0.105. The Morgan fingerprint density at radius 3 is 2.73 bits per heavy atom. The van der Waals surface area contributed by atoms with E-state index in [1.807, 2.05) is 32.0 Å². The molecule has 1 N–H and O–H groups in total. The number of hydrogen-bond donors (Lipinski definition) is 1. The second-order valence-electron chi connectivity index (χ2n) is 5.99. The van der Waals surface area contributed by atoms with Crippen molar-refractivity contribution in [1.82, 2.24) is 14.8 Å². The molecular weight excluding hydrogens is 351 g/mol. The van der Waals surface area contributed by atoms with Crippen molar-refractivity contribution in [2.45, 2.75) is 13.8 Å². The summed E-state index contributed by atoms with van der Waals surface area (Å²) in [6, 6.07) is 13.9. The van der Waals surface area contributed by atoms with Crippen LogP contribution in [0.1, 0.15) is 21.6 Å². The van der Waals surface area contributed by atoms with Crippen LogP contribution < -0.4 is 5.32 Å². The van der Waals surface area contributed by atoms with Gasteiger partial charge in [-0.25, -0.2) is 9.37 Å². The largest absolute Gasteiger partial charge is 0.306 e. The fourth-order valence-corrected chi connectivity index (χ4v) is 3.65. The van der Waals surface area contributed by atoms with Gasteiger partial charge in [-0.2, -0.15) is 9.78 Å². The Bertz CT molecular complexity index is 1130. The first kappa shape index (κ1) is 16.4. The molecule has 0 aliphatic rings. The molecule has 0 aliphatic heterocycles. The summed E-state index contributed by atoms with van der Waals surface area (Å²) in [5.74, 6) is -0.116. The molecule has 4 aromatic rings. The molecule has 7 heteroatoms. The van der Waals surface area contributed by atoms with Crippen molar-refractivity contribution < 1.29 is 9.18 Å². The summed E-state index contributed by atoms with van der Waals surface area (Å²) in [4.78, 5) is 16.9. The molecule has 0 unspecified atom stereocenters. The number of anilines is 1. The number of hydrogen-bond acceptors (Lipinski definition) is 4. The Morgan fingerprint density at radius 2 is 1.96 bits per heavy atom. The lowest BCUT2D eigenvalue weighted by Gasteiger charge is -2.07. The van der Waals surface area contributed by atoms with Crippen LogP contribution in [0.25, 0.3) is 15.3 Å². The molecule has 1 amide bonds. The van der Waals surface area contributed by atoms with Gasteiger partial charge in [0.1, 0.15) is 17.2 Å². The number of carbonyl (C=O) groups is 1. The first-order chi connectivity index (χ1) is 12.5. The quantitative estimate of drug-likeness (QED) is 0.581. The molecule has 0 saturated carbocycles. The highest BCUT2D eigenvalue weighted by molar-refractivity contribution is 7.20. The molecule has 0 atom stereocenters. The minimum atomic E-state index is -0.376. The molecule has 2 aromatic heterocycles. The van der Waals surface area contributed by atoms with E-state index in [1.54, 1.807) is 24.3 Å². The lowest BCUT2D eigenvalue weighted by Crippen LogP contribution is -2.15. The highest BCUT2D eigenvalue weighted by Crippen LogP contribution is 2.28. The lowest BCUT2D eigenvalue weighted by molar-refractivity contribution is 0.102. The maximum Gasteiger partial charge on any atom is 0.256 e. The van der Waals surface area contributed by atoms with Crippen molar-refractivity contribution in [3.05, 3.63) is 71.2 Å². The summed E-state index contributed by atoms with van der Waals surface area (Å²) < 4.78 is 16.2. The molecule has 4 rings (SSSR count). The normalized spacial score (nSPS) is 11.0. The number of benzene rings is 2. The van der Waals surface area contributed by atoms with Crippen LogP contribution >= 0.6 is 11.3 Å². The highest BCUT2D eigenvalue weighted by atomic mass is 32.1. The predicted molar refractivity (Wildman–Crippen MR) is 101 cm³/mol. The Kier molecular flexibility index (Phi) is 4.00. The molecule has 0 radical (unpaired) electrons. The third-order valence-corrected chi connectivity index (χ3v) is 4.89. The molecule has 0 fully saturated rings. The van der Waals surface area contributed by atoms with Crippen LogP contribution in [0.3, 0.4) is 0 Å². The van der Waals surface area contributed by atoms with Gasteiger partial charge in [0.2, 0.25) is 5.13 Å². The van der Waals surface area contributed by atoms with Gasteiger partial charge in [-0.3, -0.25) is 4.79 Å². The van der Waals surface area contributed by atoms with Gasteiger partial charge in [0.15, 0.2) is 0 Å². The number of aromatic nitrogens is 3. The topological polar surface area (TPSA) is 59.8 Å². The van der Waals surface area contributed by atoms with E-state index in [4.69, 9.17) is 0 Å². The van der Waals surface area contributed by atoms with Crippen molar-refractivity contribution in [2.24, 2.45) is 0 Å². The maximum atomic E-state index is 13.9. The lowest BCUT2D eigenvalue weighted by atomic mass is 10.1. The third kappa shape index (κ3) is 2.97. The van der Waals surface area contributed by atoms with Crippen LogP contribution in [0.5, 0.6) is 0 Å². The number of carbonyl (C=O) groups excluding carboxylic acids is 1. The van der Waals surface area contributed by atoms with E-state index in [-0.39, 0.29) is 11.7 Å². The van der Waals surface area contributed by atoms with Crippen LogP contribution in [0, 0.1) is 19.7 Å². The number of para-hydroxylation sites is 1. The van der Waals surface area contributed by atoms with E-state index in [2.05, 4.69) is 15.4 Å². The summed E-state index contributed by atoms with van der Waals surface area (Å²) in [7, 11) is 0. The van der Waals surface area contributed by atoms with Gasteiger partial charge >= 0.3 is 0 Å². The summed E-state index contributed by atoms with van der Waals surface area (Å²) in [6.07, 6.45) is 0. The van der Waals surface area contributed by atoms with E-state index in [9.17, 15) is 9.18 Å². The van der Waals surface area contributed by atoms with Crippen LogP contribution in [0.2, 0.25) is 0 Å². The average Bonchev–Trinajstić information content (AvgIpc) is 3.19. The number of halogens is 1. The monoisotopic (exact) mass is 366 g/mol. The SMILES string of the molecule is Cc1cccc(C(=O)Nc2cc(C)nn2-c2nc3c(F)cccc3s2)c1. The van der Waals surface area contributed by atoms with Crippen molar-refractivity contribution in [1.29, 1.82) is 0 Å². The van der Waals surface area contributed by atoms with Gasteiger partial charge in [-0.05, 0) is 38.1 Å². The molecule has 26 heavy (non-hydrogen) atoms. The van der Waals surface area contributed by atoms with Crippen molar-refractivity contribution >= 4 is 33.3 Å². The number of nitrogens with one attached hydrogen (secondary N) is 1. The summed E-state index contributed by atoms with van der Waals surface area (Å²) in [5.41, 5.74) is 2.59. The van der Waals surface area contributed by atoms with E-state index in [0.29, 0.717) is 22.0 Å². The molecule has 130 valence electrons. The minimum Gasteiger partial charge on any atom is -0.306 e. The third-order valence-electron chi connectivity index (χ3n) is 3.89. The van der Waals surface area contributed by atoms with Crippen molar-refractivity contribution in [3.63, 3.8) is 0 Å². The molecule has 0 spiro atoms. The number of aryl methyl sites for hydroxylation is 2. The zero-order chi connectivity index (χ0) is 18.3. The minimum absolute atomic E-state index is 0.234. The van der Waals surface area contributed by atoms with Gasteiger partial charge < -0.3 is 5.32 Å². The van der Waals surface area contributed by atoms with Gasteiger partial charge in [0.05, 0.1) is 10.4 Å². The maximum absolute atomic E-state index is 13.9. The number of rotatable bonds is 3. The molecule has 5 nitrogen and oxygen atoms in total.